The molecule has 0 radical (unpaired) electrons. The van der Waals surface area contributed by atoms with Crippen LogP contribution in [0.5, 0.6) is 0 Å². The van der Waals surface area contributed by atoms with Crippen molar-refractivity contribution in [2.45, 2.75) is 17.8 Å². The average Bonchev–Trinajstić information content (AvgIpc) is 3.18. The first-order valence-electron chi connectivity index (χ1n) is 9.36. The molecule has 5 rings (SSSR count). The highest BCUT2D eigenvalue weighted by molar-refractivity contribution is 7.98. The number of rotatable bonds is 4. The third-order valence-corrected chi connectivity index (χ3v) is 5.74. The van der Waals surface area contributed by atoms with Crippen LogP contribution < -0.4 is 5.56 Å². The van der Waals surface area contributed by atoms with Crippen LogP contribution >= 0.6 is 11.8 Å². The molecule has 0 aliphatic rings. The lowest BCUT2D eigenvalue weighted by molar-refractivity contribution is 0.555. The maximum atomic E-state index is 14.2. The van der Waals surface area contributed by atoms with Crippen LogP contribution in [-0.4, -0.2) is 14.5 Å². The number of fused-ring (bicyclic) bond motifs is 2. The number of benzene rings is 3. The lowest BCUT2D eigenvalue weighted by Crippen LogP contribution is -2.22. The molecule has 2 aromatic heterocycles. The summed E-state index contributed by atoms with van der Waals surface area (Å²) in [5, 5.41) is 0.925. The minimum atomic E-state index is -0.373. The number of hydrogen-bond donors (Lipinski definition) is 0. The molecule has 0 amide bonds. The zero-order valence-electron chi connectivity index (χ0n) is 16.0. The summed E-state index contributed by atoms with van der Waals surface area (Å²) in [7, 11) is 0. The number of halogens is 1. The summed E-state index contributed by atoms with van der Waals surface area (Å²) in [6.45, 7) is 1.68. The molecule has 0 saturated carbocycles. The van der Waals surface area contributed by atoms with E-state index in [1.54, 1.807) is 37.3 Å². The summed E-state index contributed by atoms with van der Waals surface area (Å²) >= 11 is 1.32. The zero-order chi connectivity index (χ0) is 20.7. The molecule has 30 heavy (non-hydrogen) atoms. The molecule has 5 aromatic rings. The molecule has 0 fully saturated rings. The van der Waals surface area contributed by atoms with Crippen LogP contribution in [-0.2, 0) is 5.75 Å². The van der Waals surface area contributed by atoms with Gasteiger partial charge in [0.05, 0.1) is 22.3 Å². The molecular formula is C23H16FN3O2S. The quantitative estimate of drug-likeness (QED) is 0.295. The van der Waals surface area contributed by atoms with E-state index in [4.69, 9.17) is 4.42 Å². The third-order valence-electron chi connectivity index (χ3n) is 4.82. The van der Waals surface area contributed by atoms with Gasteiger partial charge in [0, 0.05) is 0 Å². The number of para-hydroxylation sites is 3. The average molecular weight is 417 g/mol. The normalized spacial score (nSPS) is 11.4. The number of thioether (sulfide) groups is 1. The first-order valence-corrected chi connectivity index (χ1v) is 10.3. The van der Waals surface area contributed by atoms with Crippen LogP contribution in [0.15, 0.2) is 81.1 Å². The molecule has 0 unspecified atom stereocenters. The molecular weight excluding hydrogens is 401 g/mol. The van der Waals surface area contributed by atoms with Crippen molar-refractivity contribution in [3.63, 3.8) is 0 Å². The standard InChI is InChI=1S/C23H16FN3O2S/c1-14-10-11-15(12-17(14)24)27-22(28)16-6-2-3-7-18(16)26-23(27)30-13-21-25-19-8-4-5-9-20(19)29-21/h2-12H,13H2,1H3. The topological polar surface area (TPSA) is 60.9 Å². The molecule has 0 spiro atoms. The van der Waals surface area contributed by atoms with Crippen LogP contribution in [0.25, 0.3) is 27.7 Å². The van der Waals surface area contributed by atoms with Crippen molar-refractivity contribution in [3.8, 4) is 5.69 Å². The zero-order valence-corrected chi connectivity index (χ0v) is 16.8. The summed E-state index contributed by atoms with van der Waals surface area (Å²) in [5.74, 6) is 0.543. The van der Waals surface area contributed by atoms with Crippen molar-refractivity contribution in [3.05, 3.63) is 94.4 Å². The predicted octanol–water partition coefficient (Wildman–Crippen LogP) is 5.27. The molecule has 5 nitrogen and oxygen atoms in total. The molecule has 3 aromatic carbocycles. The van der Waals surface area contributed by atoms with Gasteiger partial charge in [0.1, 0.15) is 11.3 Å². The van der Waals surface area contributed by atoms with E-state index in [1.165, 1.54) is 22.4 Å². The summed E-state index contributed by atoms with van der Waals surface area (Å²) < 4.78 is 21.5. The molecule has 0 aliphatic carbocycles. The van der Waals surface area contributed by atoms with Gasteiger partial charge in [-0.2, -0.15) is 0 Å². The van der Waals surface area contributed by atoms with Crippen molar-refractivity contribution in [1.29, 1.82) is 0 Å². The van der Waals surface area contributed by atoms with Gasteiger partial charge in [0.15, 0.2) is 10.7 Å². The predicted molar refractivity (Wildman–Crippen MR) is 116 cm³/mol. The highest BCUT2D eigenvalue weighted by Gasteiger charge is 2.16. The Morgan fingerprint density at radius 2 is 1.77 bits per heavy atom. The fourth-order valence-corrected chi connectivity index (χ4v) is 4.12. The van der Waals surface area contributed by atoms with E-state index < -0.39 is 0 Å². The fourth-order valence-electron chi connectivity index (χ4n) is 3.27. The maximum Gasteiger partial charge on any atom is 0.266 e. The second kappa shape index (κ2) is 7.42. The monoisotopic (exact) mass is 417 g/mol. The van der Waals surface area contributed by atoms with Gasteiger partial charge in [0.25, 0.3) is 5.56 Å². The molecule has 0 bridgehead atoms. The molecule has 0 saturated heterocycles. The van der Waals surface area contributed by atoms with Crippen molar-refractivity contribution in [1.82, 2.24) is 14.5 Å². The molecule has 148 valence electrons. The van der Waals surface area contributed by atoms with Gasteiger partial charge in [-0.05, 0) is 48.9 Å². The van der Waals surface area contributed by atoms with Gasteiger partial charge in [-0.25, -0.2) is 14.4 Å². The van der Waals surface area contributed by atoms with E-state index in [0.29, 0.717) is 44.5 Å². The van der Waals surface area contributed by atoms with Gasteiger partial charge < -0.3 is 4.42 Å². The summed E-state index contributed by atoms with van der Waals surface area (Å²) in [5.41, 5.74) is 2.77. The highest BCUT2D eigenvalue weighted by Crippen LogP contribution is 2.26. The lowest BCUT2D eigenvalue weighted by Gasteiger charge is -2.13. The Hall–Kier alpha value is -3.45. The minimum Gasteiger partial charge on any atom is -0.440 e. The molecule has 2 heterocycles. The molecule has 0 N–H and O–H groups in total. The first kappa shape index (κ1) is 18.6. The van der Waals surface area contributed by atoms with Gasteiger partial charge in [-0.15, -0.1) is 0 Å². The summed E-state index contributed by atoms with van der Waals surface area (Å²) in [6, 6.07) is 19.4. The highest BCUT2D eigenvalue weighted by atomic mass is 32.2. The summed E-state index contributed by atoms with van der Waals surface area (Å²) in [4.78, 5) is 22.4. The smallest absolute Gasteiger partial charge is 0.266 e. The number of aryl methyl sites for hydroxylation is 1. The Bertz CT molecular complexity index is 1430. The van der Waals surface area contributed by atoms with Crippen molar-refractivity contribution in [2.75, 3.05) is 0 Å². The molecule has 0 atom stereocenters. The summed E-state index contributed by atoms with van der Waals surface area (Å²) in [6.07, 6.45) is 0. The van der Waals surface area contributed by atoms with E-state index in [2.05, 4.69) is 9.97 Å². The Morgan fingerprint density at radius 3 is 2.57 bits per heavy atom. The molecule has 7 heteroatoms. The number of oxazole rings is 1. The second-order valence-electron chi connectivity index (χ2n) is 6.85. The Labute approximate surface area is 175 Å². The van der Waals surface area contributed by atoms with Crippen molar-refractivity contribution >= 4 is 33.8 Å². The number of nitrogens with zero attached hydrogens (tertiary/aromatic N) is 3. The van der Waals surface area contributed by atoms with Crippen LogP contribution in [0.1, 0.15) is 11.5 Å². The Morgan fingerprint density at radius 1 is 1.00 bits per heavy atom. The van der Waals surface area contributed by atoms with E-state index in [1.807, 2.05) is 30.3 Å². The van der Waals surface area contributed by atoms with Crippen LogP contribution in [0.2, 0.25) is 0 Å². The Balaban J connectivity index is 1.62. The Kier molecular flexibility index (Phi) is 4.59. The fraction of sp³-hybridized carbons (Fsp3) is 0.0870. The minimum absolute atomic E-state index is 0.246. The van der Waals surface area contributed by atoms with E-state index >= 15 is 0 Å². The second-order valence-corrected chi connectivity index (χ2v) is 7.79. The van der Waals surface area contributed by atoms with Gasteiger partial charge >= 0.3 is 0 Å². The van der Waals surface area contributed by atoms with Gasteiger partial charge in [-0.3, -0.25) is 9.36 Å². The first-order chi connectivity index (χ1) is 14.6. The van der Waals surface area contributed by atoms with Crippen LogP contribution in [0.4, 0.5) is 4.39 Å². The molecule has 0 aliphatic heterocycles. The van der Waals surface area contributed by atoms with Crippen LogP contribution in [0, 0.1) is 12.7 Å². The van der Waals surface area contributed by atoms with E-state index in [-0.39, 0.29) is 11.4 Å². The van der Waals surface area contributed by atoms with Gasteiger partial charge in [-0.1, -0.05) is 42.1 Å². The number of aromatic nitrogens is 3. The third kappa shape index (κ3) is 3.27. The number of hydrogen-bond acceptors (Lipinski definition) is 5. The van der Waals surface area contributed by atoms with Crippen LogP contribution in [0.3, 0.4) is 0 Å². The van der Waals surface area contributed by atoms with Crippen molar-refractivity contribution < 1.29 is 8.81 Å². The lowest BCUT2D eigenvalue weighted by atomic mass is 10.2. The largest absolute Gasteiger partial charge is 0.440 e. The SMILES string of the molecule is Cc1ccc(-n2c(SCc3nc4ccccc4o3)nc3ccccc3c2=O)cc1F. The van der Waals surface area contributed by atoms with E-state index in [9.17, 15) is 9.18 Å². The van der Waals surface area contributed by atoms with Crippen molar-refractivity contribution in [2.24, 2.45) is 0 Å². The maximum absolute atomic E-state index is 14.2. The van der Waals surface area contributed by atoms with Gasteiger partial charge in [0.2, 0.25) is 5.89 Å². The van der Waals surface area contributed by atoms with E-state index in [0.717, 1.165) is 5.52 Å².